The van der Waals surface area contributed by atoms with E-state index in [1.165, 1.54) is 21.8 Å². The van der Waals surface area contributed by atoms with E-state index in [9.17, 15) is 5.11 Å². The molecule has 0 unspecified atom stereocenters. The number of hydrogen-bond donors (Lipinski definition) is 1. The zero-order valence-corrected chi connectivity index (χ0v) is 12.6. The molecule has 0 radical (unpaired) electrons. The van der Waals surface area contributed by atoms with Crippen LogP contribution in [-0.4, -0.2) is 16.3 Å². The molecule has 0 spiro atoms. The number of aliphatic hydroxyl groups excluding tert-OH is 1. The largest absolute Gasteiger partial charge is 0.392 e. The number of aryl methyl sites for hydroxylation is 1. The average Bonchev–Trinajstić information content (AvgIpc) is 2.85. The number of para-hydroxylation sites is 1. The maximum absolute atomic E-state index is 9.34. The van der Waals surface area contributed by atoms with Gasteiger partial charge < -0.3 is 9.67 Å². The fourth-order valence-electron chi connectivity index (χ4n) is 3.00. The molecular formula is C19H21NO. The van der Waals surface area contributed by atoms with Crippen molar-refractivity contribution < 1.29 is 5.11 Å². The van der Waals surface area contributed by atoms with E-state index in [0.717, 1.165) is 24.1 Å². The molecule has 0 aliphatic carbocycles. The lowest BCUT2D eigenvalue weighted by Gasteiger charge is -2.04. The molecule has 3 rings (SSSR count). The molecule has 0 atom stereocenters. The van der Waals surface area contributed by atoms with Gasteiger partial charge in [-0.1, -0.05) is 37.3 Å². The zero-order valence-electron chi connectivity index (χ0n) is 12.6. The molecule has 0 bridgehead atoms. The molecule has 0 fully saturated rings. The smallest absolute Gasteiger partial charge is 0.0644 e. The van der Waals surface area contributed by atoms with Gasteiger partial charge in [0.1, 0.15) is 0 Å². The molecular weight excluding hydrogens is 258 g/mol. The first kappa shape index (κ1) is 13.9. The van der Waals surface area contributed by atoms with Gasteiger partial charge in [-0.05, 0) is 42.7 Å². The van der Waals surface area contributed by atoms with Crippen LogP contribution < -0.4 is 0 Å². The van der Waals surface area contributed by atoms with Gasteiger partial charge in [-0.25, -0.2) is 0 Å². The molecule has 2 aromatic carbocycles. The van der Waals surface area contributed by atoms with Crippen molar-refractivity contribution in [3.05, 3.63) is 53.6 Å². The summed E-state index contributed by atoms with van der Waals surface area (Å²) >= 11 is 0. The van der Waals surface area contributed by atoms with E-state index < -0.39 is 0 Å². The lowest BCUT2D eigenvalue weighted by Crippen LogP contribution is -1.92. The Balaban J connectivity index is 2.26. The summed E-state index contributed by atoms with van der Waals surface area (Å²) in [5, 5.41) is 11.9. The fourth-order valence-corrected chi connectivity index (χ4v) is 3.00. The number of aromatic nitrogens is 1. The van der Waals surface area contributed by atoms with Crippen LogP contribution in [0, 0.1) is 0 Å². The van der Waals surface area contributed by atoms with Crippen molar-refractivity contribution in [3.8, 4) is 0 Å². The SMILES string of the molecule is CCC(=Cc1ccc2c(c1)c1ccccc1n2CC)CO. The molecule has 2 nitrogen and oxygen atoms in total. The van der Waals surface area contributed by atoms with E-state index in [1.54, 1.807) is 0 Å². The Morgan fingerprint density at radius 1 is 1.05 bits per heavy atom. The van der Waals surface area contributed by atoms with Crippen molar-refractivity contribution >= 4 is 27.9 Å². The molecule has 0 saturated heterocycles. The van der Waals surface area contributed by atoms with E-state index in [0.29, 0.717) is 0 Å². The maximum atomic E-state index is 9.34. The first-order valence-corrected chi connectivity index (χ1v) is 7.59. The number of benzene rings is 2. The second kappa shape index (κ2) is 5.74. The number of rotatable bonds is 4. The highest BCUT2D eigenvalue weighted by molar-refractivity contribution is 6.08. The summed E-state index contributed by atoms with van der Waals surface area (Å²) in [5.74, 6) is 0. The predicted molar refractivity (Wildman–Crippen MR) is 90.5 cm³/mol. The molecule has 21 heavy (non-hydrogen) atoms. The van der Waals surface area contributed by atoms with Crippen molar-refractivity contribution in [1.29, 1.82) is 0 Å². The minimum atomic E-state index is 0.130. The molecule has 2 heteroatoms. The average molecular weight is 279 g/mol. The standard InChI is InChI=1S/C19H21NO/c1-3-14(13-21)11-15-9-10-19-17(12-15)16-7-5-6-8-18(16)20(19)4-2/h5-12,21H,3-4,13H2,1-2H3. The van der Waals surface area contributed by atoms with Gasteiger partial charge in [0.25, 0.3) is 0 Å². The number of fused-ring (bicyclic) bond motifs is 3. The highest BCUT2D eigenvalue weighted by Gasteiger charge is 2.09. The normalized spacial score (nSPS) is 12.4. The number of hydrogen-bond acceptors (Lipinski definition) is 1. The summed E-state index contributed by atoms with van der Waals surface area (Å²) in [7, 11) is 0. The molecule has 0 saturated carbocycles. The summed E-state index contributed by atoms with van der Waals surface area (Å²) < 4.78 is 2.35. The Kier molecular flexibility index (Phi) is 3.80. The third-order valence-corrected chi connectivity index (χ3v) is 4.14. The van der Waals surface area contributed by atoms with Crippen molar-refractivity contribution in [2.45, 2.75) is 26.8 Å². The molecule has 3 aromatic rings. The van der Waals surface area contributed by atoms with Crippen LogP contribution in [0.5, 0.6) is 0 Å². The molecule has 0 amide bonds. The van der Waals surface area contributed by atoms with E-state index in [2.05, 4.69) is 67.0 Å². The van der Waals surface area contributed by atoms with Crippen LogP contribution in [0.1, 0.15) is 25.8 Å². The van der Waals surface area contributed by atoms with Crippen LogP contribution in [0.15, 0.2) is 48.0 Å². The van der Waals surface area contributed by atoms with Gasteiger partial charge in [-0.3, -0.25) is 0 Å². The van der Waals surface area contributed by atoms with Gasteiger partial charge in [-0.2, -0.15) is 0 Å². The molecule has 1 N–H and O–H groups in total. The van der Waals surface area contributed by atoms with Crippen molar-refractivity contribution in [3.63, 3.8) is 0 Å². The van der Waals surface area contributed by atoms with Crippen LogP contribution in [0.2, 0.25) is 0 Å². The minimum Gasteiger partial charge on any atom is -0.392 e. The van der Waals surface area contributed by atoms with E-state index in [1.807, 2.05) is 0 Å². The van der Waals surface area contributed by atoms with Crippen molar-refractivity contribution in [2.75, 3.05) is 6.61 Å². The Morgan fingerprint density at radius 2 is 1.81 bits per heavy atom. The summed E-state index contributed by atoms with van der Waals surface area (Å²) in [5.41, 5.74) is 4.79. The third kappa shape index (κ3) is 2.36. The van der Waals surface area contributed by atoms with Gasteiger partial charge >= 0.3 is 0 Å². The summed E-state index contributed by atoms with van der Waals surface area (Å²) in [6.45, 7) is 5.35. The molecule has 0 aliphatic heterocycles. The Hall–Kier alpha value is -2.06. The molecule has 1 aromatic heterocycles. The van der Waals surface area contributed by atoms with Crippen molar-refractivity contribution in [2.24, 2.45) is 0 Å². The maximum Gasteiger partial charge on any atom is 0.0644 e. The van der Waals surface area contributed by atoms with Crippen LogP contribution in [0.3, 0.4) is 0 Å². The highest BCUT2D eigenvalue weighted by atomic mass is 16.3. The van der Waals surface area contributed by atoms with E-state index in [-0.39, 0.29) is 6.61 Å². The summed E-state index contributed by atoms with van der Waals surface area (Å²) in [6.07, 6.45) is 2.97. The van der Waals surface area contributed by atoms with Gasteiger partial charge in [0, 0.05) is 28.4 Å². The lowest BCUT2D eigenvalue weighted by atomic mass is 10.1. The monoisotopic (exact) mass is 279 g/mol. The zero-order chi connectivity index (χ0) is 14.8. The topological polar surface area (TPSA) is 25.2 Å². The predicted octanol–water partition coefficient (Wildman–Crippen LogP) is 4.60. The van der Waals surface area contributed by atoms with Crippen molar-refractivity contribution in [1.82, 2.24) is 4.57 Å². The van der Waals surface area contributed by atoms with E-state index >= 15 is 0 Å². The third-order valence-electron chi connectivity index (χ3n) is 4.14. The second-order valence-electron chi connectivity index (χ2n) is 5.35. The second-order valence-corrected chi connectivity index (χ2v) is 5.35. The van der Waals surface area contributed by atoms with Gasteiger partial charge in [-0.15, -0.1) is 0 Å². The van der Waals surface area contributed by atoms with Crippen LogP contribution >= 0.6 is 0 Å². The molecule has 1 heterocycles. The first-order chi connectivity index (χ1) is 10.3. The Bertz CT molecular complexity index is 805. The Labute approximate surface area is 125 Å². The highest BCUT2D eigenvalue weighted by Crippen LogP contribution is 2.30. The van der Waals surface area contributed by atoms with E-state index in [4.69, 9.17) is 0 Å². The molecule has 0 aliphatic rings. The van der Waals surface area contributed by atoms with Gasteiger partial charge in [0.15, 0.2) is 0 Å². The fraction of sp³-hybridized carbons (Fsp3) is 0.263. The molecule has 108 valence electrons. The van der Waals surface area contributed by atoms with Crippen LogP contribution in [0.25, 0.3) is 27.9 Å². The van der Waals surface area contributed by atoms with Crippen LogP contribution in [0.4, 0.5) is 0 Å². The lowest BCUT2D eigenvalue weighted by molar-refractivity contribution is 0.329. The van der Waals surface area contributed by atoms with Crippen LogP contribution in [-0.2, 0) is 6.54 Å². The summed E-state index contributed by atoms with van der Waals surface area (Å²) in [4.78, 5) is 0. The number of nitrogens with zero attached hydrogens (tertiary/aromatic N) is 1. The van der Waals surface area contributed by atoms with Gasteiger partial charge in [0.2, 0.25) is 0 Å². The quantitative estimate of drug-likeness (QED) is 0.742. The first-order valence-electron chi connectivity index (χ1n) is 7.59. The number of aliphatic hydroxyl groups is 1. The summed E-state index contributed by atoms with van der Waals surface area (Å²) in [6, 6.07) is 15.1. The van der Waals surface area contributed by atoms with Gasteiger partial charge in [0.05, 0.1) is 6.61 Å². The minimum absolute atomic E-state index is 0.130. The Morgan fingerprint density at radius 3 is 2.52 bits per heavy atom.